The molecule has 2 rings (SSSR count). The van der Waals surface area contributed by atoms with Crippen molar-refractivity contribution in [2.45, 2.75) is 44.3 Å². The second-order valence-electron chi connectivity index (χ2n) is 5.24. The van der Waals surface area contributed by atoms with Crippen molar-refractivity contribution < 1.29 is 0 Å². The fourth-order valence-electron chi connectivity index (χ4n) is 2.62. The Morgan fingerprint density at radius 3 is 2.79 bits per heavy atom. The highest BCUT2D eigenvalue weighted by Crippen LogP contribution is 2.36. The van der Waals surface area contributed by atoms with Crippen LogP contribution in [0.1, 0.15) is 37.8 Å². The number of hydrogen-bond donors (Lipinski definition) is 1. The number of halogens is 1. The van der Waals surface area contributed by atoms with Crippen LogP contribution in [0.25, 0.3) is 0 Å². The molecule has 1 aliphatic rings. The van der Waals surface area contributed by atoms with Gasteiger partial charge in [-0.05, 0) is 37.5 Å². The van der Waals surface area contributed by atoms with Crippen LogP contribution in [0.15, 0.2) is 24.3 Å². The van der Waals surface area contributed by atoms with Gasteiger partial charge in [0.15, 0.2) is 0 Å². The first-order valence-corrected chi connectivity index (χ1v) is 7.15. The second-order valence-corrected chi connectivity index (χ2v) is 5.67. The van der Waals surface area contributed by atoms with E-state index in [2.05, 4.69) is 17.0 Å². The lowest BCUT2D eigenvalue weighted by atomic mass is 9.98. The molecule has 0 spiro atoms. The molecule has 0 amide bonds. The van der Waals surface area contributed by atoms with Crippen molar-refractivity contribution in [3.8, 4) is 6.07 Å². The summed E-state index contributed by atoms with van der Waals surface area (Å²) in [7, 11) is 0. The predicted octanol–water partition coefficient (Wildman–Crippen LogP) is 3.11. The number of hydrogen-bond acceptors (Lipinski definition) is 3. The van der Waals surface area contributed by atoms with Crippen LogP contribution >= 0.6 is 11.6 Å². The molecule has 2 unspecified atom stereocenters. The summed E-state index contributed by atoms with van der Waals surface area (Å²) in [5, 5.41) is 9.56. The molecule has 0 radical (unpaired) electrons. The molecule has 2 N–H and O–H groups in total. The van der Waals surface area contributed by atoms with Gasteiger partial charge in [-0.25, -0.2) is 0 Å². The Hall–Kier alpha value is -1.08. The summed E-state index contributed by atoms with van der Waals surface area (Å²) >= 11 is 6.09. The Bertz CT molecular complexity index is 463. The van der Waals surface area contributed by atoms with E-state index in [4.69, 9.17) is 22.6 Å². The van der Waals surface area contributed by atoms with Crippen molar-refractivity contribution in [2.24, 2.45) is 5.73 Å². The minimum Gasteiger partial charge on any atom is -0.326 e. The zero-order valence-electron chi connectivity index (χ0n) is 11.2. The van der Waals surface area contributed by atoms with Crippen LogP contribution in [0.3, 0.4) is 0 Å². The van der Waals surface area contributed by atoms with E-state index >= 15 is 0 Å². The van der Waals surface area contributed by atoms with Gasteiger partial charge in [0.2, 0.25) is 0 Å². The van der Waals surface area contributed by atoms with Crippen LogP contribution in [-0.4, -0.2) is 23.5 Å². The lowest BCUT2D eigenvalue weighted by Crippen LogP contribution is -2.41. The normalized spacial score (nSPS) is 18.1. The molecule has 1 aromatic rings. The van der Waals surface area contributed by atoms with Crippen LogP contribution in [0, 0.1) is 11.3 Å². The first-order chi connectivity index (χ1) is 9.13. The topological polar surface area (TPSA) is 53.0 Å². The smallest absolute Gasteiger partial charge is 0.0635 e. The number of nitrogens with two attached hydrogens (primary N) is 1. The van der Waals surface area contributed by atoms with Crippen LogP contribution < -0.4 is 5.73 Å². The molecule has 0 bridgehead atoms. The number of nitrogens with zero attached hydrogens (tertiary/aromatic N) is 2. The molecule has 3 nitrogen and oxygen atoms in total. The minimum atomic E-state index is 0.0118. The van der Waals surface area contributed by atoms with Crippen molar-refractivity contribution in [3.63, 3.8) is 0 Å². The van der Waals surface area contributed by atoms with Gasteiger partial charge >= 0.3 is 0 Å². The summed E-state index contributed by atoms with van der Waals surface area (Å²) in [6, 6.07) is 10.8. The van der Waals surface area contributed by atoms with Crippen molar-refractivity contribution in [1.29, 1.82) is 5.26 Å². The van der Waals surface area contributed by atoms with Gasteiger partial charge in [-0.2, -0.15) is 5.26 Å². The molecule has 1 aromatic carbocycles. The molecule has 0 aromatic heterocycles. The SMILES string of the molecule is CC(N)C(c1cccc(Cl)c1)N(CCC#N)C1CC1. The largest absolute Gasteiger partial charge is 0.326 e. The van der Waals surface area contributed by atoms with Gasteiger partial charge in [0.25, 0.3) is 0 Å². The third kappa shape index (κ3) is 3.70. The van der Waals surface area contributed by atoms with Crippen LogP contribution in [-0.2, 0) is 0 Å². The van der Waals surface area contributed by atoms with Crippen LogP contribution in [0.2, 0.25) is 5.02 Å². The molecule has 1 saturated carbocycles. The maximum atomic E-state index is 8.82. The van der Waals surface area contributed by atoms with Crippen molar-refractivity contribution in [3.05, 3.63) is 34.9 Å². The Kier molecular flexibility index (Phi) is 4.81. The maximum Gasteiger partial charge on any atom is 0.0635 e. The monoisotopic (exact) mass is 277 g/mol. The number of benzene rings is 1. The van der Waals surface area contributed by atoms with Gasteiger partial charge in [0, 0.05) is 36.1 Å². The highest BCUT2D eigenvalue weighted by Gasteiger charge is 2.35. The molecule has 19 heavy (non-hydrogen) atoms. The predicted molar refractivity (Wildman–Crippen MR) is 77.8 cm³/mol. The molecule has 1 fully saturated rings. The summed E-state index contributed by atoms with van der Waals surface area (Å²) < 4.78 is 0. The zero-order chi connectivity index (χ0) is 13.8. The van der Waals surface area contributed by atoms with Crippen molar-refractivity contribution in [1.82, 2.24) is 4.90 Å². The summed E-state index contributed by atoms with van der Waals surface area (Å²) in [4.78, 5) is 2.37. The highest BCUT2D eigenvalue weighted by molar-refractivity contribution is 6.30. The molecular weight excluding hydrogens is 258 g/mol. The first kappa shape index (κ1) is 14.3. The molecular formula is C15H20ClN3. The fraction of sp³-hybridized carbons (Fsp3) is 0.533. The van der Waals surface area contributed by atoms with E-state index in [9.17, 15) is 0 Å². The van der Waals surface area contributed by atoms with Gasteiger partial charge in [-0.1, -0.05) is 23.7 Å². The second kappa shape index (κ2) is 6.38. The summed E-state index contributed by atoms with van der Waals surface area (Å²) in [6.45, 7) is 2.80. The molecule has 2 atom stereocenters. The first-order valence-electron chi connectivity index (χ1n) is 6.77. The lowest BCUT2D eigenvalue weighted by molar-refractivity contribution is 0.170. The zero-order valence-corrected chi connectivity index (χ0v) is 12.0. The fourth-order valence-corrected chi connectivity index (χ4v) is 2.82. The van der Waals surface area contributed by atoms with Gasteiger partial charge in [-0.15, -0.1) is 0 Å². The standard InChI is InChI=1S/C15H20ClN3/c1-11(18)15(12-4-2-5-13(16)10-12)19(9-3-8-17)14-6-7-14/h2,4-5,10-11,14-15H,3,6-7,9,18H2,1H3. The Balaban J connectivity index is 2.24. The Morgan fingerprint density at radius 2 is 2.26 bits per heavy atom. The molecule has 4 heteroatoms. The molecule has 0 aliphatic heterocycles. The van der Waals surface area contributed by atoms with E-state index in [-0.39, 0.29) is 12.1 Å². The lowest BCUT2D eigenvalue weighted by Gasteiger charge is -2.34. The average Bonchev–Trinajstić information content (AvgIpc) is 3.18. The van der Waals surface area contributed by atoms with Crippen molar-refractivity contribution in [2.75, 3.05) is 6.54 Å². The Labute approximate surface area is 120 Å². The van der Waals surface area contributed by atoms with E-state index in [1.165, 1.54) is 12.8 Å². The summed E-state index contributed by atoms with van der Waals surface area (Å²) in [5.74, 6) is 0. The van der Waals surface area contributed by atoms with Crippen LogP contribution in [0.4, 0.5) is 0 Å². The van der Waals surface area contributed by atoms with E-state index in [0.717, 1.165) is 17.1 Å². The summed E-state index contributed by atoms with van der Waals surface area (Å²) in [6.07, 6.45) is 2.95. The maximum absolute atomic E-state index is 8.82. The van der Waals surface area contributed by atoms with Gasteiger partial charge in [0.1, 0.15) is 0 Å². The molecule has 0 heterocycles. The van der Waals surface area contributed by atoms with Gasteiger partial charge in [0.05, 0.1) is 6.07 Å². The van der Waals surface area contributed by atoms with E-state index < -0.39 is 0 Å². The third-order valence-corrected chi connectivity index (χ3v) is 3.78. The van der Waals surface area contributed by atoms with Crippen molar-refractivity contribution >= 4 is 11.6 Å². The average molecular weight is 278 g/mol. The Morgan fingerprint density at radius 1 is 1.53 bits per heavy atom. The number of rotatable bonds is 6. The minimum absolute atomic E-state index is 0.0118. The highest BCUT2D eigenvalue weighted by atomic mass is 35.5. The number of nitriles is 1. The van der Waals surface area contributed by atoms with Gasteiger partial charge < -0.3 is 5.73 Å². The van der Waals surface area contributed by atoms with Crippen LogP contribution in [0.5, 0.6) is 0 Å². The van der Waals surface area contributed by atoms with E-state index in [0.29, 0.717) is 12.5 Å². The quantitative estimate of drug-likeness (QED) is 0.869. The van der Waals surface area contributed by atoms with E-state index in [1.807, 2.05) is 25.1 Å². The molecule has 0 saturated heterocycles. The van der Waals surface area contributed by atoms with E-state index in [1.54, 1.807) is 0 Å². The van der Waals surface area contributed by atoms with Gasteiger partial charge in [-0.3, -0.25) is 4.90 Å². The summed E-state index contributed by atoms with van der Waals surface area (Å²) in [5.41, 5.74) is 7.33. The molecule has 1 aliphatic carbocycles. The third-order valence-electron chi connectivity index (χ3n) is 3.54. The molecule has 102 valence electrons.